The summed E-state index contributed by atoms with van der Waals surface area (Å²) in [6, 6.07) is 0. The number of nitrogens with two attached hydrogens (primary N) is 1. The second kappa shape index (κ2) is 6.79. The van der Waals surface area contributed by atoms with E-state index in [0.29, 0.717) is 6.20 Å². The number of ether oxygens (including phenoxy) is 1. The number of esters is 1. The van der Waals surface area contributed by atoms with Gasteiger partial charge in [0.15, 0.2) is 0 Å². The van der Waals surface area contributed by atoms with E-state index < -0.39 is 53.9 Å². The lowest BCUT2D eigenvalue weighted by Crippen LogP contribution is -2.21. The third-order valence-electron chi connectivity index (χ3n) is 2.63. The van der Waals surface area contributed by atoms with Crippen LogP contribution in [0, 0.1) is 0 Å². The molecule has 0 spiro atoms. The molecule has 0 aliphatic carbocycles. The van der Waals surface area contributed by atoms with Gasteiger partial charge < -0.3 is 10.5 Å². The number of pyridine rings is 1. The molecule has 21 heavy (non-hydrogen) atoms. The van der Waals surface area contributed by atoms with Crippen molar-refractivity contribution in [2.75, 3.05) is 6.61 Å². The van der Waals surface area contributed by atoms with Crippen LogP contribution in [0.25, 0.3) is 0 Å². The monoisotopic (exact) mass is 312 g/mol. The molecule has 0 amide bonds. The van der Waals surface area contributed by atoms with Gasteiger partial charge in [-0.2, -0.15) is 13.2 Å². The molecular formula is C12H13F5N2O2. The largest absolute Gasteiger partial charge is 0.466 e. The molecule has 0 saturated carbocycles. The Labute approximate surface area is 117 Å². The number of carbonyl (C=O) groups excluding carboxylic acids is 1. The molecule has 0 atom stereocenters. The van der Waals surface area contributed by atoms with Gasteiger partial charge in [0.25, 0.3) is 6.43 Å². The number of hydrogen-bond donors (Lipinski definition) is 1. The quantitative estimate of drug-likeness (QED) is 0.670. The Kier molecular flexibility index (Phi) is 5.59. The molecule has 0 unspecified atom stereocenters. The van der Waals surface area contributed by atoms with Crippen molar-refractivity contribution in [2.45, 2.75) is 32.5 Å². The van der Waals surface area contributed by atoms with Crippen molar-refractivity contribution in [1.29, 1.82) is 0 Å². The Morgan fingerprint density at radius 3 is 2.48 bits per heavy atom. The Balaban J connectivity index is 3.48. The topological polar surface area (TPSA) is 65.2 Å². The summed E-state index contributed by atoms with van der Waals surface area (Å²) in [7, 11) is 0. The normalized spacial score (nSPS) is 11.8. The molecule has 0 fully saturated rings. The molecule has 9 heteroatoms. The maximum atomic E-state index is 13.1. The smallest absolute Gasteiger partial charge is 0.417 e. The fourth-order valence-electron chi connectivity index (χ4n) is 1.84. The Morgan fingerprint density at radius 1 is 1.43 bits per heavy atom. The van der Waals surface area contributed by atoms with E-state index >= 15 is 0 Å². The maximum absolute atomic E-state index is 13.1. The van der Waals surface area contributed by atoms with Crippen molar-refractivity contribution in [3.05, 3.63) is 28.6 Å². The summed E-state index contributed by atoms with van der Waals surface area (Å²) in [5.41, 5.74) is 1.41. The Hall–Kier alpha value is -1.77. The van der Waals surface area contributed by atoms with Gasteiger partial charge in [-0.1, -0.05) is 0 Å². The summed E-state index contributed by atoms with van der Waals surface area (Å²) in [4.78, 5) is 14.7. The molecule has 0 aliphatic rings. The molecule has 0 saturated heterocycles. The zero-order valence-electron chi connectivity index (χ0n) is 11.0. The number of halogens is 5. The summed E-state index contributed by atoms with van der Waals surface area (Å²) >= 11 is 0. The molecule has 0 aliphatic heterocycles. The van der Waals surface area contributed by atoms with Crippen LogP contribution in [0.5, 0.6) is 0 Å². The van der Waals surface area contributed by atoms with Gasteiger partial charge in [0, 0.05) is 18.3 Å². The molecule has 4 nitrogen and oxygen atoms in total. The highest BCUT2D eigenvalue weighted by Gasteiger charge is 2.39. The van der Waals surface area contributed by atoms with Crippen LogP contribution in [0.15, 0.2) is 6.20 Å². The lowest BCUT2D eigenvalue weighted by atomic mass is 9.98. The molecule has 1 aromatic rings. The van der Waals surface area contributed by atoms with Crippen molar-refractivity contribution in [2.24, 2.45) is 5.73 Å². The Bertz CT molecular complexity index is 517. The SMILES string of the molecule is CCOC(=O)Cc1c(C(F)F)ncc(CN)c1C(F)(F)F. The summed E-state index contributed by atoms with van der Waals surface area (Å²) in [6.07, 6.45) is -8.46. The molecule has 1 aromatic heterocycles. The number of aromatic nitrogens is 1. The molecule has 118 valence electrons. The fraction of sp³-hybridized carbons (Fsp3) is 0.500. The van der Waals surface area contributed by atoms with Crippen molar-refractivity contribution in [3.8, 4) is 0 Å². The third-order valence-corrected chi connectivity index (χ3v) is 2.63. The van der Waals surface area contributed by atoms with E-state index in [9.17, 15) is 26.7 Å². The molecular weight excluding hydrogens is 299 g/mol. The summed E-state index contributed by atoms with van der Waals surface area (Å²) in [5, 5.41) is 0. The van der Waals surface area contributed by atoms with E-state index in [4.69, 9.17) is 5.73 Å². The van der Waals surface area contributed by atoms with Crippen LogP contribution in [-0.4, -0.2) is 17.6 Å². The minimum atomic E-state index is -4.93. The van der Waals surface area contributed by atoms with Crippen molar-refractivity contribution >= 4 is 5.97 Å². The minimum Gasteiger partial charge on any atom is -0.466 e. The maximum Gasteiger partial charge on any atom is 0.417 e. The standard InChI is InChI=1S/C12H13F5N2O2/c1-2-21-8(20)3-7-9(12(15,16)17)6(4-18)5-19-10(7)11(13)14/h5,11H,2-4,18H2,1H3. The van der Waals surface area contributed by atoms with E-state index in [0.717, 1.165) is 0 Å². The van der Waals surface area contributed by atoms with E-state index in [1.165, 1.54) is 6.92 Å². The first-order chi connectivity index (χ1) is 9.72. The first-order valence-electron chi connectivity index (χ1n) is 5.94. The van der Waals surface area contributed by atoms with Gasteiger partial charge >= 0.3 is 12.1 Å². The number of alkyl halides is 5. The van der Waals surface area contributed by atoms with Gasteiger partial charge in [0.2, 0.25) is 0 Å². The van der Waals surface area contributed by atoms with E-state index in [1.807, 2.05) is 0 Å². The summed E-state index contributed by atoms with van der Waals surface area (Å²) < 4.78 is 69.5. The number of nitrogens with zero attached hydrogens (tertiary/aromatic N) is 1. The molecule has 1 heterocycles. The van der Waals surface area contributed by atoms with E-state index in [-0.39, 0.29) is 6.61 Å². The van der Waals surface area contributed by atoms with Crippen LogP contribution in [0.4, 0.5) is 22.0 Å². The zero-order chi connectivity index (χ0) is 16.2. The zero-order valence-corrected chi connectivity index (χ0v) is 11.0. The van der Waals surface area contributed by atoms with Crippen LogP contribution >= 0.6 is 0 Å². The van der Waals surface area contributed by atoms with Gasteiger partial charge in [-0.25, -0.2) is 8.78 Å². The first-order valence-corrected chi connectivity index (χ1v) is 5.94. The van der Waals surface area contributed by atoms with Gasteiger partial charge in [-0.3, -0.25) is 9.78 Å². The highest BCUT2D eigenvalue weighted by atomic mass is 19.4. The molecule has 0 aromatic carbocycles. The summed E-state index contributed by atoms with van der Waals surface area (Å²) in [6.45, 7) is 0.834. The predicted molar refractivity (Wildman–Crippen MR) is 62.4 cm³/mol. The molecule has 2 N–H and O–H groups in total. The third kappa shape index (κ3) is 4.10. The van der Waals surface area contributed by atoms with E-state index in [2.05, 4.69) is 9.72 Å². The minimum absolute atomic E-state index is 0.0752. The van der Waals surface area contributed by atoms with Gasteiger partial charge in [0.05, 0.1) is 18.6 Å². The van der Waals surface area contributed by atoms with Crippen LogP contribution in [0.2, 0.25) is 0 Å². The van der Waals surface area contributed by atoms with Crippen molar-refractivity contribution < 1.29 is 31.5 Å². The van der Waals surface area contributed by atoms with Gasteiger partial charge in [0.1, 0.15) is 5.69 Å². The van der Waals surface area contributed by atoms with Crippen LogP contribution in [0.3, 0.4) is 0 Å². The second-order valence-electron chi connectivity index (χ2n) is 4.01. The molecule has 0 radical (unpaired) electrons. The first kappa shape index (κ1) is 17.3. The van der Waals surface area contributed by atoms with Gasteiger partial charge in [-0.05, 0) is 12.5 Å². The van der Waals surface area contributed by atoms with E-state index in [1.54, 1.807) is 0 Å². The highest BCUT2D eigenvalue weighted by Crippen LogP contribution is 2.38. The van der Waals surface area contributed by atoms with Crippen LogP contribution < -0.4 is 5.73 Å². The lowest BCUT2D eigenvalue weighted by Gasteiger charge is -2.18. The number of hydrogen-bond acceptors (Lipinski definition) is 4. The predicted octanol–water partition coefficient (Wildman–Crippen LogP) is 2.60. The molecule has 1 rings (SSSR count). The second-order valence-corrected chi connectivity index (χ2v) is 4.01. The fourth-order valence-corrected chi connectivity index (χ4v) is 1.84. The highest BCUT2D eigenvalue weighted by molar-refractivity contribution is 5.73. The molecule has 0 bridgehead atoms. The van der Waals surface area contributed by atoms with Crippen LogP contribution in [0.1, 0.15) is 35.7 Å². The Morgan fingerprint density at radius 2 is 2.05 bits per heavy atom. The lowest BCUT2D eigenvalue weighted by molar-refractivity contribution is -0.143. The van der Waals surface area contributed by atoms with Gasteiger partial charge in [-0.15, -0.1) is 0 Å². The van der Waals surface area contributed by atoms with Crippen LogP contribution in [-0.2, 0) is 28.7 Å². The summed E-state index contributed by atoms with van der Waals surface area (Å²) in [5.74, 6) is -1.04. The average Bonchev–Trinajstić information content (AvgIpc) is 2.36. The average molecular weight is 312 g/mol. The number of rotatable bonds is 5. The number of carbonyl (C=O) groups is 1. The van der Waals surface area contributed by atoms with Crippen molar-refractivity contribution in [1.82, 2.24) is 4.98 Å². The van der Waals surface area contributed by atoms with Crippen molar-refractivity contribution in [3.63, 3.8) is 0 Å².